The molecule has 0 aliphatic carbocycles. The molecule has 0 fully saturated rings. The molecule has 7 nitrogen and oxygen atoms in total. The lowest BCUT2D eigenvalue weighted by molar-refractivity contribution is -0.385. The Morgan fingerprint density at radius 2 is 1.95 bits per heavy atom. The molecule has 0 saturated heterocycles. The Kier molecular flexibility index (Phi) is 5.66. The van der Waals surface area contributed by atoms with Crippen LogP contribution in [0, 0.1) is 23.0 Å². The van der Waals surface area contributed by atoms with Crippen molar-refractivity contribution in [2.45, 2.75) is 47.1 Å². The predicted octanol–water partition coefficient (Wildman–Crippen LogP) is 2.97. The highest BCUT2D eigenvalue weighted by molar-refractivity contribution is 5.61. The van der Waals surface area contributed by atoms with E-state index in [0.717, 1.165) is 13.0 Å². The molecule has 0 aliphatic heterocycles. The first-order valence-corrected chi connectivity index (χ1v) is 6.90. The number of nitro groups is 1. The number of nitrogens with zero attached hydrogens (tertiary/aromatic N) is 3. The fourth-order valence-electron chi connectivity index (χ4n) is 1.58. The number of hydrogen-bond donors (Lipinski definition) is 2. The summed E-state index contributed by atoms with van der Waals surface area (Å²) in [4.78, 5) is 19.1. The van der Waals surface area contributed by atoms with E-state index in [-0.39, 0.29) is 17.5 Å². The van der Waals surface area contributed by atoms with Crippen molar-refractivity contribution in [1.82, 2.24) is 9.97 Å². The largest absolute Gasteiger partial charge is 0.361 e. The van der Waals surface area contributed by atoms with Gasteiger partial charge in [0.05, 0.1) is 4.92 Å². The second-order valence-electron chi connectivity index (χ2n) is 5.19. The van der Waals surface area contributed by atoms with E-state index in [0.29, 0.717) is 17.6 Å². The molecular weight excluding hydrogens is 258 g/mol. The van der Waals surface area contributed by atoms with Crippen molar-refractivity contribution in [1.29, 1.82) is 0 Å². The number of anilines is 2. The van der Waals surface area contributed by atoms with Gasteiger partial charge < -0.3 is 10.6 Å². The van der Waals surface area contributed by atoms with Gasteiger partial charge in [0.25, 0.3) is 0 Å². The third kappa shape index (κ3) is 4.04. The van der Waals surface area contributed by atoms with E-state index in [4.69, 9.17) is 0 Å². The van der Waals surface area contributed by atoms with Crippen molar-refractivity contribution in [2.24, 2.45) is 5.92 Å². The molecule has 1 aromatic heterocycles. The van der Waals surface area contributed by atoms with Crippen LogP contribution in [0.4, 0.5) is 17.5 Å². The molecule has 0 bridgehead atoms. The Balaban J connectivity index is 3.14. The molecule has 1 rings (SSSR count). The van der Waals surface area contributed by atoms with Gasteiger partial charge in [-0.1, -0.05) is 20.8 Å². The lowest BCUT2D eigenvalue weighted by Gasteiger charge is -2.18. The lowest BCUT2D eigenvalue weighted by atomic mass is 10.1. The van der Waals surface area contributed by atoms with Crippen molar-refractivity contribution >= 4 is 17.5 Å². The summed E-state index contributed by atoms with van der Waals surface area (Å²) in [5, 5.41) is 17.4. The van der Waals surface area contributed by atoms with Crippen molar-refractivity contribution < 1.29 is 4.92 Å². The average Bonchev–Trinajstić information content (AvgIpc) is 2.35. The third-order valence-corrected chi connectivity index (χ3v) is 3.14. The van der Waals surface area contributed by atoms with Crippen molar-refractivity contribution in [3.63, 3.8) is 0 Å². The zero-order chi connectivity index (χ0) is 15.3. The van der Waals surface area contributed by atoms with Gasteiger partial charge in [0, 0.05) is 12.6 Å². The minimum atomic E-state index is -0.436. The maximum atomic E-state index is 11.2. The molecule has 0 spiro atoms. The van der Waals surface area contributed by atoms with E-state index >= 15 is 0 Å². The molecular formula is C13H23N5O2. The van der Waals surface area contributed by atoms with Gasteiger partial charge in [-0.3, -0.25) is 10.1 Å². The molecule has 112 valence electrons. The van der Waals surface area contributed by atoms with Crippen molar-refractivity contribution in [2.75, 3.05) is 17.2 Å². The first-order chi connectivity index (χ1) is 9.36. The standard InChI is InChI=1S/C13H23N5O2/c1-6-7-14-13-16-10(5)11(18(19)20)12(17-13)15-9(4)8(2)3/h8-9H,6-7H2,1-5H3,(H2,14,15,16,17). The van der Waals surface area contributed by atoms with E-state index < -0.39 is 4.92 Å². The molecule has 0 amide bonds. The summed E-state index contributed by atoms with van der Waals surface area (Å²) in [5.74, 6) is 1.05. The Morgan fingerprint density at radius 1 is 1.30 bits per heavy atom. The summed E-state index contributed by atoms with van der Waals surface area (Å²) >= 11 is 0. The summed E-state index contributed by atoms with van der Waals surface area (Å²) < 4.78 is 0. The van der Waals surface area contributed by atoms with Crippen LogP contribution in [0.3, 0.4) is 0 Å². The predicted molar refractivity (Wildman–Crippen MR) is 80.1 cm³/mol. The quantitative estimate of drug-likeness (QED) is 0.589. The fraction of sp³-hybridized carbons (Fsp3) is 0.692. The van der Waals surface area contributed by atoms with Gasteiger partial charge in [-0.2, -0.15) is 4.98 Å². The van der Waals surface area contributed by atoms with Crippen LogP contribution in [-0.2, 0) is 0 Å². The normalized spacial score (nSPS) is 12.3. The molecule has 1 unspecified atom stereocenters. The Hall–Kier alpha value is -1.92. The van der Waals surface area contributed by atoms with Crippen LogP contribution in [0.5, 0.6) is 0 Å². The maximum Gasteiger partial charge on any atom is 0.332 e. The van der Waals surface area contributed by atoms with Gasteiger partial charge in [0.15, 0.2) is 0 Å². The number of hydrogen-bond acceptors (Lipinski definition) is 6. The molecule has 1 atom stereocenters. The van der Waals surface area contributed by atoms with Gasteiger partial charge in [-0.15, -0.1) is 0 Å². The van der Waals surface area contributed by atoms with Gasteiger partial charge in [-0.05, 0) is 26.2 Å². The first kappa shape index (κ1) is 16.1. The van der Waals surface area contributed by atoms with Crippen LogP contribution in [0.15, 0.2) is 0 Å². The summed E-state index contributed by atoms with van der Waals surface area (Å²) in [6.45, 7) is 10.5. The highest BCUT2D eigenvalue weighted by Gasteiger charge is 2.23. The molecule has 1 aromatic rings. The SMILES string of the molecule is CCCNc1nc(C)c([N+](=O)[O-])c(NC(C)C(C)C)n1. The molecule has 7 heteroatoms. The Morgan fingerprint density at radius 3 is 2.45 bits per heavy atom. The fourth-order valence-corrected chi connectivity index (χ4v) is 1.58. The third-order valence-electron chi connectivity index (χ3n) is 3.14. The molecule has 20 heavy (non-hydrogen) atoms. The number of aryl methyl sites for hydroxylation is 1. The van der Waals surface area contributed by atoms with Crippen LogP contribution in [0.1, 0.15) is 39.8 Å². The van der Waals surface area contributed by atoms with Crippen LogP contribution >= 0.6 is 0 Å². The summed E-state index contributed by atoms with van der Waals surface area (Å²) in [6.07, 6.45) is 0.935. The van der Waals surface area contributed by atoms with Crippen LogP contribution in [0.2, 0.25) is 0 Å². The van der Waals surface area contributed by atoms with E-state index in [1.807, 2.05) is 27.7 Å². The summed E-state index contributed by atoms with van der Waals surface area (Å²) in [6, 6.07) is 0.0852. The zero-order valence-corrected chi connectivity index (χ0v) is 12.7. The van der Waals surface area contributed by atoms with Gasteiger partial charge in [0.1, 0.15) is 5.69 Å². The zero-order valence-electron chi connectivity index (χ0n) is 12.7. The topological polar surface area (TPSA) is 93.0 Å². The highest BCUT2D eigenvalue weighted by Crippen LogP contribution is 2.27. The van der Waals surface area contributed by atoms with Crippen LogP contribution in [0.25, 0.3) is 0 Å². The molecule has 1 heterocycles. The smallest absolute Gasteiger partial charge is 0.332 e. The highest BCUT2D eigenvalue weighted by atomic mass is 16.6. The Bertz CT molecular complexity index is 476. The molecule has 0 aromatic carbocycles. The van der Waals surface area contributed by atoms with E-state index in [1.54, 1.807) is 6.92 Å². The molecule has 2 N–H and O–H groups in total. The van der Waals surface area contributed by atoms with E-state index in [1.165, 1.54) is 0 Å². The minimum Gasteiger partial charge on any atom is -0.361 e. The van der Waals surface area contributed by atoms with E-state index in [9.17, 15) is 10.1 Å². The summed E-state index contributed by atoms with van der Waals surface area (Å²) in [5.41, 5.74) is 0.307. The van der Waals surface area contributed by atoms with Gasteiger partial charge in [-0.25, -0.2) is 4.98 Å². The van der Waals surface area contributed by atoms with Crippen molar-refractivity contribution in [3.8, 4) is 0 Å². The number of rotatable bonds is 7. The second kappa shape index (κ2) is 7.02. The van der Waals surface area contributed by atoms with Crippen LogP contribution < -0.4 is 10.6 Å². The monoisotopic (exact) mass is 281 g/mol. The van der Waals surface area contributed by atoms with Crippen LogP contribution in [-0.4, -0.2) is 27.5 Å². The van der Waals surface area contributed by atoms with Crippen molar-refractivity contribution in [3.05, 3.63) is 15.8 Å². The first-order valence-electron chi connectivity index (χ1n) is 6.90. The molecule has 0 saturated carbocycles. The van der Waals surface area contributed by atoms with Gasteiger partial charge >= 0.3 is 5.69 Å². The summed E-state index contributed by atoms with van der Waals surface area (Å²) in [7, 11) is 0. The lowest BCUT2D eigenvalue weighted by Crippen LogP contribution is -2.23. The Labute approximate surface area is 119 Å². The minimum absolute atomic E-state index is 0.0560. The average molecular weight is 281 g/mol. The maximum absolute atomic E-state index is 11.2. The van der Waals surface area contributed by atoms with E-state index in [2.05, 4.69) is 20.6 Å². The number of nitrogens with one attached hydrogen (secondary N) is 2. The number of aromatic nitrogens is 2. The molecule has 0 aliphatic rings. The van der Waals surface area contributed by atoms with Gasteiger partial charge in [0.2, 0.25) is 11.8 Å². The second-order valence-corrected chi connectivity index (χ2v) is 5.19. The molecule has 0 radical (unpaired) electrons.